The predicted molar refractivity (Wildman–Crippen MR) is 63.1 cm³/mol. The van der Waals surface area contributed by atoms with Crippen LogP contribution in [0, 0.1) is 5.92 Å². The molecular weight excluding hydrogens is 218 g/mol. The highest BCUT2D eigenvalue weighted by molar-refractivity contribution is 5.82. The Kier molecular flexibility index (Phi) is 2.11. The molecule has 4 nitrogen and oxygen atoms in total. The number of hydrogen-bond donors (Lipinski definition) is 3. The molecule has 1 aromatic rings. The number of aliphatic carboxylic acids is 1. The van der Waals surface area contributed by atoms with Gasteiger partial charge in [-0.3, -0.25) is 0 Å². The number of carboxylic acids is 1. The van der Waals surface area contributed by atoms with Crippen LogP contribution in [0.4, 0.5) is 5.69 Å². The van der Waals surface area contributed by atoms with Gasteiger partial charge in [0.05, 0.1) is 5.69 Å². The van der Waals surface area contributed by atoms with Crippen LogP contribution in [0.15, 0.2) is 30.4 Å². The fourth-order valence-corrected chi connectivity index (χ4v) is 2.85. The number of fused-ring (bicyclic) bond motifs is 3. The van der Waals surface area contributed by atoms with Gasteiger partial charge in [-0.2, -0.15) is 0 Å². The molecule has 1 aromatic carbocycles. The van der Waals surface area contributed by atoms with E-state index in [1.54, 1.807) is 12.1 Å². The SMILES string of the molecule is O=C(O)[C@H]1Nc2c(O)cccc2[C@@H]2C=CC[C@H]12. The number of phenolic OH excluding ortho intramolecular Hbond substituents is 1. The Bertz CT molecular complexity index is 509. The van der Waals surface area contributed by atoms with Gasteiger partial charge in [-0.05, 0) is 18.1 Å². The first-order valence-electron chi connectivity index (χ1n) is 5.66. The van der Waals surface area contributed by atoms with Crippen molar-refractivity contribution in [2.75, 3.05) is 5.32 Å². The van der Waals surface area contributed by atoms with Crippen LogP contribution in [-0.2, 0) is 4.79 Å². The van der Waals surface area contributed by atoms with Crippen molar-refractivity contribution in [2.24, 2.45) is 5.92 Å². The first kappa shape index (κ1) is 10.2. The van der Waals surface area contributed by atoms with Gasteiger partial charge in [0.1, 0.15) is 11.8 Å². The van der Waals surface area contributed by atoms with Crippen molar-refractivity contribution >= 4 is 11.7 Å². The summed E-state index contributed by atoms with van der Waals surface area (Å²) in [5, 5.41) is 22.0. The molecule has 2 aliphatic rings. The van der Waals surface area contributed by atoms with E-state index in [0.717, 1.165) is 12.0 Å². The standard InChI is InChI=1S/C13H13NO3/c15-10-6-2-5-8-7-3-1-4-9(7)12(13(16)17)14-11(8)10/h1-3,5-7,9,12,14-15H,4H2,(H,16,17)/t7-,9-,12-/m0/s1. The summed E-state index contributed by atoms with van der Waals surface area (Å²) in [7, 11) is 0. The van der Waals surface area contributed by atoms with E-state index < -0.39 is 12.0 Å². The van der Waals surface area contributed by atoms with Gasteiger partial charge in [-0.1, -0.05) is 24.3 Å². The molecule has 0 spiro atoms. The predicted octanol–water partition coefficient (Wildman–Crippen LogP) is 1.93. The van der Waals surface area contributed by atoms with Crippen molar-refractivity contribution in [3.05, 3.63) is 35.9 Å². The minimum absolute atomic E-state index is 0.0433. The summed E-state index contributed by atoms with van der Waals surface area (Å²) in [5.74, 6) is -0.605. The molecule has 1 heterocycles. The average Bonchev–Trinajstić information content (AvgIpc) is 2.77. The van der Waals surface area contributed by atoms with Gasteiger partial charge in [-0.15, -0.1) is 0 Å². The first-order valence-corrected chi connectivity index (χ1v) is 5.66. The molecule has 1 aliphatic heterocycles. The Labute approximate surface area is 98.6 Å². The van der Waals surface area contributed by atoms with Gasteiger partial charge in [0.15, 0.2) is 0 Å². The van der Waals surface area contributed by atoms with Crippen LogP contribution in [0.25, 0.3) is 0 Å². The van der Waals surface area contributed by atoms with Gasteiger partial charge in [0.2, 0.25) is 0 Å². The maximum Gasteiger partial charge on any atom is 0.326 e. The Hall–Kier alpha value is -1.97. The number of allylic oxidation sites excluding steroid dienone is 2. The maximum absolute atomic E-state index is 11.2. The van der Waals surface area contributed by atoms with E-state index in [1.807, 2.05) is 18.2 Å². The molecular formula is C13H13NO3. The smallest absolute Gasteiger partial charge is 0.326 e. The summed E-state index contributed by atoms with van der Waals surface area (Å²) in [4.78, 5) is 11.2. The summed E-state index contributed by atoms with van der Waals surface area (Å²) < 4.78 is 0. The molecule has 3 atom stereocenters. The fourth-order valence-electron chi connectivity index (χ4n) is 2.85. The summed E-state index contributed by atoms with van der Waals surface area (Å²) >= 11 is 0. The molecule has 0 amide bonds. The Morgan fingerprint density at radius 3 is 3.00 bits per heavy atom. The van der Waals surface area contributed by atoms with Crippen LogP contribution < -0.4 is 5.32 Å². The third-order valence-electron chi connectivity index (χ3n) is 3.64. The molecule has 0 bridgehead atoms. The van der Waals surface area contributed by atoms with Gasteiger partial charge < -0.3 is 15.5 Å². The topological polar surface area (TPSA) is 69.6 Å². The lowest BCUT2D eigenvalue weighted by Crippen LogP contribution is -2.41. The van der Waals surface area contributed by atoms with Crippen molar-refractivity contribution in [3.63, 3.8) is 0 Å². The number of aromatic hydroxyl groups is 1. The summed E-state index contributed by atoms with van der Waals surface area (Å²) in [5.41, 5.74) is 1.55. The molecule has 3 N–H and O–H groups in total. The van der Waals surface area contributed by atoms with E-state index in [0.29, 0.717) is 5.69 Å². The van der Waals surface area contributed by atoms with Gasteiger partial charge in [-0.25, -0.2) is 4.79 Å². The largest absolute Gasteiger partial charge is 0.506 e. The molecule has 88 valence electrons. The monoisotopic (exact) mass is 231 g/mol. The Morgan fingerprint density at radius 1 is 1.41 bits per heavy atom. The lowest BCUT2D eigenvalue weighted by atomic mass is 9.79. The molecule has 0 saturated carbocycles. The average molecular weight is 231 g/mol. The summed E-state index contributed by atoms with van der Waals surface area (Å²) in [6, 6.07) is 4.67. The minimum Gasteiger partial charge on any atom is -0.506 e. The number of rotatable bonds is 1. The van der Waals surface area contributed by atoms with Gasteiger partial charge >= 0.3 is 5.97 Å². The summed E-state index contributed by atoms with van der Waals surface area (Å²) in [6.07, 6.45) is 4.83. The van der Waals surface area contributed by atoms with E-state index >= 15 is 0 Å². The number of benzene rings is 1. The molecule has 3 rings (SSSR count). The molecule has 1 aliphatic carbocycles. The van der Waals surface area contributed by atoms with Crippen LogP contribution in [0.1, 0.15) is 17.9 Å². The number of phenols is 1. The highest BCUT2D eigenvalue weighted by Crippen LogP contribution is 2.47. The number of carboxylic acid groups (broad SMARTS) is 1. The van der Waals surface area contributed by atoms with Crippen LogP contribution >= 0.6 is 0 Å². The molecule has 0 saturated heterocycles. The lowest BCUT2D eigenvalue weighted by Gasteiger charge is -2.34. The molecule has 0 unspecified atom stereocenters. The second-order valence-electron chi connectivity index (χ2n) is 4.56. The van der Waals surface area contributed by atoms with Gasteiger partial charge in [0, 0.05) is 11.8 Å². The zero-order valence-electron chi connectivity index (χ0n) is 9.13. The molecule has 0 radical (unpaired) electrons. The van der Waals surface area contributed by atoms with Crippen molar-refractivity contribution in [3.8, 4) is 5.75 Å². The summed E-state index contributed by atoms with van der Waals surface area (Å²) in [6.45, 7) is 0. The van der Waals surface area contributed by atoms with E-state index in [-0.39, 0.29) is 17.6 Å². The molecule has 0 fully saturated rings. The van der Waals surface area contributed by atoms with E-state index in [4.69, 9.17) is 0 Å². The van der Waals surface area contributed by atoms with Crippen molar-refractivity contribution < 1.29 is 15.0 Å². The first-order chi connectivity index (χ1) is 8.18. The normalized spacial score (nSPS) is 29.3. The quantitative estimate of drug-likeness (QED) is 0.510. The molecule has 17 heavy (non-hydrogen) atoms. The highest BCUT2D eigenvalue weighted by atomic mass is 16.4. The maximum atomic E-state index is 11.2. The second-order valence-corrected chi connectivity index (χ2v) is 4.56. The lowest BCUT2D eigenvalue weighted by molar-refractivity contribution is -0.139. The van der Waals surface area contributed by atoms with Crippen molar-refractivity contribution in [1.82, 2.24) is 0 Å². The number of para-hydroxylation sites is 1. The van der Waals surface area contributed by atoms with Gasteiger partial charge in [0.25, 0.3) is 0 Å². The number of carbonyl (C=O) groups is 1. The third-order valence-corrected chi connectivity index (χ3v) is 3.64. The Morgan fingerprint density at radius 2 is 2.24 bits per heavy atom. The van der Waals surface area contributed by atoms with Crippen molar-refractivity contribution in [1.29, 1.82) is 0 Å². The third kappa shape index (κ3) is 1.40. The van der Waals surface area contributed by atoms with Crippen LogP contribution in [-0.4, -0.2) is 22.2 Å². The van der Waals surface area contributed by atoms with Crippen LogP contribution in [0.3, 0.4) is 0 Å². The van der Waals surface area contributed by atoms with Crippen LogP contribution in [0.5, 0.6) is 5.75 Å². The Balaban J connectivity index is 2.12. The molecule has 4 heteroatoms. The highest BCUT2D eigenvalue weighted by Gasteiger charge is 2.41. The molecule has 0 aromatic heterocycles. The van der Waals surface area contributed by atoms with E-state index in [1.165, 1.54) is 0 Å². The fraction of sp³-hybridized carbons (Fsp3) is 0.308. The van der Waals surface area contributed by atoms with Crippen LogP contribution in [0.2, 0.25) is 0 Å². The zero-order chi connectivity index (χ0) is 12.0. The zero-order valence-corrected chi connectivity index (χ0v) is 9.13. The number of hydrogen-bond acceptors (Lipinski definition) is 3. The number of nitrogens with one attached hydrogen (secondary N) is 1. The van der Waals surface area contributed by atoms with E-state index in [9.17, 15) is 15.0 Å². The van der Waals surface area contributed by atoms with Crippen molar-refractivity contribution in [2.45, 2.75) is 18.4 Å². The number of anilines is 1. The minimum atomic E-state index is -0.863. The second kappa shape index (κ2) is 3.52. The van der Waals surface area contributed by atoms with E-state index in [2.05, 4.69) is 5.32 Å².